The van der Waals surface area contributed by atoms with Crippen molar-refractivity contribution in [2.45, 2.75) is 57.0 Å². The third kappa shape index (κ3) is 14.0. The van der Waals surface area contributed by atoms with Crippen molar-refractivity contribution in [3.05, 3.63) is 107 Å². The lowest BCUT2D eigenvalue weighted by atomic mass is 10.1. The van der Waals surface area contributed by atoms with E-state index in [1.807, 2.05) is 4.90 Å². The predicted molar refractivity (Wildman–Crippen MR) is 199 cm³/mol. The van der Waals surface area contributed by atoms with E-state index in [0.29, 0.717) is 24.5 Å². The topological polar surface area (TPSA) is 149 Å². The van der Waals surface area contributed by atoms with Crippen LogP contribution in [0, 0.1) is 0 Å². The van der Waals surface area contributed by atoms with E-state index in [1.165, 1.54) is 31.6 Å². The second kappa shape index (κ2) is 21.3. The number of halogens is 6. The SMILES string of the molecule is CNC1NC=CC=C1C(F)(F)F.O=C(COc1ccc(CO)cc1)N1CCC(Nc2ncccc2C(F)(F)F)C1.O=C(COc1ccc(CO)cc1)N1CCCC1. The van der Waals surface area contributed by atoms with Gasteiger partial charge < -0.3 is 40.1 Å². The Morgan fingerprint density at radius 1 is 0.825 bits per heavy atom. The Morgan fingerprint density at radius 3 is 1.88 bits per heavy atom. The fraction of sp³-hybridized carbons (Fsp3) is 0.410. The van der Waals surface area contributed by atoms with Crippen LogP contribution in [0.1, 0.15) is 36.0 Å². The van der Waals surface area contributed by atoms with Crippen molar-refractivity contribution in [1.82, 2.24) is 25.4 Å². The second-order valence-corrected chi connectivity index (χ2v) is 13.0. The van der Waals surface area contributed by atoms with Gasteiger partial charge in [-0.2, -0.15) is 26.3 Å². The van der Waals surface area contributed by atoms with Gasteiger partial charge >= 0.3 is 12.4 Å². The van der Waals surface area contributed by atoms with Gasteiger partial charge in [-0.25, -0.2) is 4.98 Å². The molecule has 3 aliphatic heterocycles. The molecule has 2 fully saturated rings. The van der Waals surface area contributed by atoms with Crippen LogP contribution in [0.5, 0.6) is 11.5 Å². The van der Waals surface area contributed by atoms with Gasteiger partial charge in [0.25, 0.3) is 11.8 Å². The maximum atomic E-state index is 13.1. The summed E-state index contributed by atoms with van der Waals surface area (Å²) in [4.78, 5) is 31.2. The van der Waals surface area contributed by atoms with E-state index in [4.69, 9.17) is 19.7 Å². The number of allylic oxidation sites excluding steroid dienone is 2. The zero-order chi connectivity index (χ0) is 41.4. The van der Waals surface area contributed by atoms with Crippen LogP contribution in [0.25, 0.3) is 0 Å². The average molecular weight is 809 g/mol. The van der Waals surface area contributed by atoms with Crippen LogP contribution in [-0.4, -0.2) is 102 Å². The molecule has 2 unspecified atom stereocenters. The van der Waals surface area contributed by atoms with Crippen LogP contribution in [0.2, 0.25) is 0 Å². The quantitative estimate of drug-likeness (QED) is 0.168. The van der Waals surface area contributed by atoms with E-state index in [0.717, 1.165) is 49.2 Å². The standard InChI is InChI=1S/C19H20F3N3O3.C13H17NO3.C7H9F3N2/c20-19(21,22)16-2-1-8-23-18(16)24-14-7-9-25(10-14)17(27)12-28-15-5-3-13(11-26)4-6-15;15-9-11-3-5-12(6-4-11)17-10-13(16)14-7-1-2-8-14;1-11-6-5(7(8,9)10)3-2-4-12-6/h1-6,8,14,26H,7,9-12H2,(H,23,24);3-6,15H,1-2,7-10H2;2-4,6,11-12H,1H3. The van der Waals surface area contributed by atoms with E-state index < -0.39 is 29.7 Å². The van der Waals surface area contributed by atoms with Crippen LogP contribution >= 0.6 is 0 Å². The first-order chi connectivity index (χ1) is 27.2. The van der Waals surface area contributed by atoms with Gasteiger partial charge in [-0.3, -0.25) is 14.9 Å². The number of alkyl halides is 6. The van der Waals surface area contributed by atoms with Crippen LogP contribution in [0.4, 0.5) is 32.2 Å². The summed E-state index contributed by atoms with van der Waals surface area (Å²) >= 11 is 0. The highest BCUT2D eigenvalue weighted by Gasteiger charge is 2.38. The summed E-state index contributed by atoms with van der Waals surface area (Å²) in [5.41, 5.74) is 0.144. The fourth-order valence-electron chi connectivity index (χ4n) is 5.86. The zero-order valence-electron chi connectivity index (χ0n) is 31.2. The number of aliphatic hydroxyl groups excluding tert-OH is 2. The molecule has 2 amide bonds. The molecule has 4 heterocycles. The molecule has 310 valence electrons. The first-order valence-corrected chi connectivity index (χ1v) is 18.1. The molecule has 0 bridgehead atoms. The van der Waals surface area contributed by atoms with Gasteiger partial charge in [-0.15, -0.1) is 0 Å². The molecule has 3 aromatic rings. The molecule has 57 heavy (non-hydrogen) atoms. The third-order valence-electron chi connectivity index (χ3n) is 8.95. The summed E-state index contributed by atoms with van der Waals surface area (Å²) in [6, 6.07) is 15.7. The van der Waals surface area contributed by atoms with Crippen molar-refractivity contribution in [3.63, 3.8) is 0 Å². The molecule has 6 rings (SSSR count). The van der Waals surface area contributed by atoms with Gasteiger partial charge in [0.05, 0.1) is 24.4 Å². The van der Waals surface area contributed by atoms with Crippen LogP contribution in [0.3, 0.4) is 0 Å². The Balaban J connectivity index is 0.000000210. The number of carbonyl (C=O) groups is 2. The Kier molecular flexibility index (Phi) is 16.6. The number of carbonyl (C=O) groups excluding carboxylic acids is 2. The molecule has 18 heteroatoms. The van der Waals surface area contributed by atoms with Crippen molar-refractivity contribution < 1.29 is 55.6 Å². The molecule has 1 aromatic heterocycles. The molecular weight excluding hydrogens is 762 g/mol. The van der Waals surface area contributed by atoms with Crippen molar-refractivity contribution in [1.29, 1.82) is 0 Å². The van der Waals surface area contributed by atoms with Gasteiger partial charge in [0.1, 0.15) is 23.5 Å². The van der Waals surface area contributed by atoms with E-state index in [9.17, 15) is 35.9 Å². The molecule has 12 nitrogen and oxygen atoms in total. The molecule has 3 aliphatic rings. The minimum absolute atomic E-state index is 0.0208. The smallest absolute Gasteiger partial charge is 0.419 e. The molecule has 2 atom stereocenters. The van der Waals surface area contributed by atoms with Gasteiger partial charge in [0.2, 0.25) is 0 Å². The first kappa shape index (κ1) is 44.4. The normalized spacial score (nSPS) is 17.7. The fourth-order valence-corrected chi connectivity index (χ4v) is 5.86. The molecule has 2 saturated heterocycles. The number of anilines is 1. The third-order valence-corrected chi connectivity index (χ3v) is 8.95. The van der Waals surface area contributed by atoms with Gasteiger partial charge in [0.15, 0.2) is 13.2 Å². The van der Waals surface area contributed by atoms with Crippen LogP contribution in [0.15, 0.2) is 90.8 Å². The van der Waals surface area contributed by atoms with E-state index in [1.54, 1.807) is 53.4 Å². The maximum Gasteiger partial charge on any atom is 0.419 e. The van der Waals surface area contributed by atoms with Gasteiger partial charge in [-0.05, 0) is 92.2 Å². The number of likely N-dealkylation sites (N-methyl/N-ethyl adjacent to an activating group) is 1. The molecule has 0 spiro atoms. The van der Waals surface area contributed by atoms with Crippen molar-refractivity contribution in [2.24, 2.45) is 0 Å². The Morgan fingerprint density at radius 2 is 1.39 bits per heavy atom. The molecule has 0 aliphatic carbocycles. The van der Waals surface area contributed by atoms with Crippen molar-refractivity contribution >= 4 is 17.6 Å². The number of nitrogens with zero attached hydrogens (tertiary/aromatic N) is 3. The lowest BCUT2D eigenvalue weighted by molar-refractivity contribution is -0.137. The highest BCUT2D eigenvalue weighted by molar-refractivity contribution is 5.78. The van der Waals surface area contributed by atoms with Crippen LogP contribution < -0.4 is 25.4 Å². The van der Waals surface area contributed by atoms with E-state index in [-0.39, 0.29) is 56.6 Å². The Labute approximate surface area is 326 Å². The van der Waals surface area contributed by atoms with E-state index >= 15 is 0 Å². The number of benzene rings is 2. The van der Waals surface area contributed by atoms with E-state index in [2.05, 4.69) is 20.9 Å². The predicted octanol–water partition coefficient (Wildman–Crippen LogP) is 5.00. The van der Waals surface area contributed by atoms with Crippen molar-refractivity contribution in [2.75, 3.05) is 51.8 Å². The Bertz CT molecular complexity index is 1780. The number of aromatic nitrogens is 1. The number of nitrogens with one attached hydrogen (secondary N) is 3. The maximum absolute atomic E-state index is 13.1. The average Bonchev–Trinajstić information content (AvgIpc) is 3.93. The Hall–Kier alpha value is -5.33. The minimum atomic E-state index is -4.50. The largest absolute Gasteiger partial charge is 0.484 e. The number of dihydropyridines is 1. The summed E-state index contributed by atoms with van der Waals surface area (Å²) in [7, 11) is 1.47. The lowest BCUT2D eigenvalue weighted by Crippen LogP contribution is -2.44. The summed E-state index contributed by atoms with van der Waals surface area (Å²) in [5, 5.41) is 25.7. The monoisotopic (exact) mass is 808 g/mol. The lowest BCUT2D eigenvalue weighted by Gasteiger charge is -2.24. The number of pyridine rings is 1. The molecular formula is C39H46F6N6O6. The van der Waals surface area contributed by atoms with Crippen molar-refractivity contribution in [3.8, 4) is 11.5 Å². The number of likely N-dealkylation sites (tertiary alicyclic amines) is 2. The summed E-state index contributed by atoms with van der Waals surface area (Å²) in [6.45, 7) is 2.29. The summed E-state index contributed by atoms with van der Waals surface area (Å²) in [5.74, 6) is 0.744. The number of hydrogen-bond acceptors (Lipinski definition) is 10. The second-order valence-electron chi connectivity index (χ2n) is 13.0. The summed E-state index contributed by atoms with van der Waals surface area (Å²) < 4.78 is 86.6. The summed E-state index contributed by atoms with van der Waals surface area (Å²) in [6.07, 6.45) is -1.75. The number of ether oxygens (including phenoxy) is 2. The molecule has 0 radical (unpaired) electrons. The van der Waals surface area contributed by atoms with Gasteiger partial charge in [0, 0.05) is 38.4 Å². The zero-order valence-corrected chi connectivity index (χ0v) is 31.2. The van der Waals surface area contributed by atoms with Crippen LogP contribution in [-0.2, 0) is 29.0 Å². The minimum Gasteiger partial charge on any atom is -0.484 e. The number of hydrogen-bond donors (Lipinski definition) is 5. The molecule has 0 saturated carbocycles. The number of rotatable bonds is 11. The highest BCUT2D eigenvalue weighted by Crippen LogP contribution is 2.34. The van der Waals surface area contributed by atoms with Gasteiger partial charge in [-0.1, -0.05) is 24.3 Å². The highest BCUT2D eigenvalue weighted by atomic mass is 19.4. The first-order valence-electron chi connectivity index (χ1n) is 18.1. The number of amides is 2. The number of aliphatic hydroxyl groups is 2. The molecule has 5 N–H and O–H groups in total. The molecule has 2 aromatic carbocycles.